The van der Waals surface area contributed by atoms with Gasteiger partial charge in [0.25, 0.3) is 0 Å². The van der Waals surface area contributed by atoms with Crippen molar-refractivity contribution in [3.05, 3.63) is 23.8 Å². The lowest BCUT2D eigenvalue weighted by Gasteiger charge is -2.26. The van der Waals surface area contributed by atoms with E-state index in [1.807, 2.05) is 13.8 Å². The molecule has 1 saturated heterocycles. The Bertz CT molecular complexity index is 868. The van der Waals surface area contributed by atoms with E-state index in [-0.39, 0.29) is 54.0 Å². The third kappa shape index (κ3) is 10.1. The average Bonchev–Trinajstić information content (AvgIpc) is 2.81. The second-order valence-corrected chi connectivity index (χ2v) is 10.4. The van der Waals surface area contributed by atoms with Crippen LogP contribution in [0.2, 0.25) is 0 Å². The molecule has 10 heteroatoms. The zero-order chi connectivity index (χ0) is 27.4. The molecule has 1 fully saturated rings. The van der Waals surface area contributed by atoms with Crippen LogP contribution >= 0.6 is 25.3 Å². The first-order chi connectivity index (χ1) is 16.9. The van der Waals surface area contributed by atoms with Gasteiger partial charge in [0.1, 0.15) is 17.9 Å². The lowest BCUT2D eigenvalue weighted by Crippen LogP contribution is -2.49. The Morgan fingerprint density at radius 1 is 1.00 bits per heavy atom. The van der Waals surface area contributed by atoms with Crippen molar-refractivity contribution in [2.24, 2.45) is 17.8 Å². The molecule has 0 unspecified atom stereocenters. The van der Waals surface area contributed by atoms with Gasteiger partial charge in [0.2, 0.25) is 11.8 Å². The van der Waals surface area contributed by atoms with E-state index in [4.69, 9.17) is 4.74 Å². The SMILES string of the molecule is C/C=C1\CC(=O)[C@@H](CS)NC(=O)[C@@H](C(C)C)CC(=O)C[C@@H](/C=C/CCS)OC(=O)[C@H](C(C)C)NC1=O. The number of ketones is 2. The molecule has 0 aromatic rings. The van der Waals surface area contributed by atoms with Gasteiger partial charge >= 0.3 is 5.97 Å². The highest BCUT2D eigenvalue weighted by molar-refractivity contribution is 7.80. The quantitative estimate of drug-likeness (QED) is 0.178. The lowest BCUT2D eigenvalue weighted by atomic mass is 9.88. The highest BCUT2D eigenvalue weighted by Gasteiger charge is 2.33. The summed E-state index contributed by atoms with van der Waals surface area (Å²) in [6, 6.07) is -1.90. The van der Waals surface area contributed by atoms with E-state index in [2.05, 4.69) is 35.9 Å². The average molecular weight is 541 g/mol. The van der Waals surface area contributed by atoms with Crippen molar-refractivity contribution in [2.45, 2.75) is 78.5 Å². The maximum atomic E-state index is 13.1. The lowest BCUT2D eigenvalue weighted by molar-refractivity contribution is -0.153. The minimum absolute atomic E-state index is 0.0426. The molecule has 0 aliphatic carbocycles. The summed E-state index contributed by atoms with van der Waals surface area (Å²) in [7, 11) is 0. The van der Waals surface area contributed by atoms with Crippen LogP contribution in [0.5, 0.6) is 0 Å². The normalized spacial score (nSPS) is 27.0. The van der Waals surface area contributed by atoms with Gasteiger partial charge in [-0.25, -0.2) is 4.79 Å². The molecule has 8 nitrogen and oxygen atoms in total. The summed E-state index contributed by atoms with van der Waals surface area (Å²) in [6.45, 7) is 8.81. The summed E-state index contributed by atoms with van der Waals surface area (Å²) in [5.74, 6) is -2.84. The van der Waals surface area contributed by atoms with Gasteiger partial charge in [-0.1, -0.05) is 39.8 Å². The van der Waals surface area contributed by atoms with Crippen LogP contribution in [0, 0.1) is 17.8 Å². The Labute approximate surface area is 225 Å². The smallest absolute Gasteiger partial charge is 0.329 e. The Balaban J connectivity index is 3.43. The number of cyclic esters (lactones) is 1. The first-order valence-electron chi connectivity index (χ1n) is 12.3. The van der Waals surface area contributed by atoms with E-state index >= 15 is 0 Å². The molecule has 0 aromatic carbocycles. The molecule has 1 rings (SSSR count). The van der Waals surface area contributed by atoms with Gasteiger partial charge in [-0.2, -0.15) is 25.3 Å². The van der Waals surface area contributed by atoms with E-state index in [0.717, 1.165) is 0 Å². The molecule has 202 valence electrons. The summed E-state index contributed by atoms with van der Waals surface area (Å²) >= 11 is 8.39. The number of hydrogen-bond acceptors (Lipinski definition) is 8. The summed E-state index contributed by atoms with van der Waals surface area (Å²) in [5, 5.41) is 5.38. The van der Waals surface area contributed by atoms with E-state index < -0.39 is 41.9 Å². The van der Waals surface area contributed by atoms with Crippen molar-refractivity contribution in [3.63, 3.8) is 0 Å². The first kappa shape index (κ1) is 32.0. The predicted octanol–water partition coefficient (Wildman–Crippen LogP) is 2.87. The minimum atomic E-state index is -0.977. The van der Waals surface area contributed by atoms with Gasteiger partial charge in [-0.3, -0.25) is 19.2 Å². The molecule has 1 heterocycles. The number of allylic oxidation sites excluding steroid dienone is 2. The third-order valence-corrected chi connectivity index (χ3v) is 6.66. The standard InChI is InChI=1S/C26H40N2O6S2/c1-6-17-11-22(30)21(14-36)27-25(32)20(15(2)3)13-18(29)12-19(9-7-8-10-35)34-26(33)23(16(4)5)28-24(17)31/h6-7,9,15-16,19-21,23,35-36H,8,10-14H2,1-5H3,(H,27,32)(H,28,31)/b9-7+,17-6+/t19-,20-,21-,23+/m1/s1. The van der Waals surface area contributed by atoms with Gasteiger partial charge in [0.15, 0.2) is 5.78 Å². The Hall–Kier alpha value is -2.07. The van der Waals surface area contributed by atoms with Crippen LogP contribution in [-0.4, -0.2) is 59.0 Å². The van der Waals surface area contributed by atoms with Crippen molar-refractivity contribution < 1.29 is 28.7 Å². The highest BCUT2D eigenvalue weighted by Crippen LogP contribution is 2.20. The molecule has 4 atom stereocenters. The van der Waals surface area contributed by atoms with E-state index in [1.54, 1.807) is 32.9 Å². The number of thiol groups is 2. The molecule has 2 amide bonds. The monoisotopic (exact) mass is 540 g/mol. The molecular formula is C26H40N2O6S2. The van der Waals surface area contributed by atoms with E-state index in [0.29, 0.717) is 12.2 Å². The first-order valence-corrected chi connectivity index (χ1v) is 13.6. The molecule has 2 N–H and O–H groups in total. The molecule has 0 spiro atoms. The molecule has 0 saturated carbocycles. The molecule has 1 aliphatic rings. The van der Waals surface area contributed by atoms with Crippen LogP contribution in [0.15, 0.2) is 23.8 Å². The van der Waals surface area contributed by atoms with Gasteiger partial charge in [0.05, 0.1) is 6.04 Å². The molecule has 0 bridgehead atoms. The predicted molar refractivity (Wildman–Crippen MR) is 146 cm³/mol. The Kier molecular flexibility index (Phi) is 14.1. The Morgan fingerprint density at radius 3 is 2.19 bits per heavy atom. The molecular weight excluding hydrogens is 500 g/mol. The van der Waals surface area contributed by atoms with Crippen LogP contribution in [0.3, 0.4) is 0 Å². The van der Waals surface area contributed by atoms with Gasteiger partial charge in [-0.05, 0) is 37.0 Å². The number of Topliss-reactive ketones (excluding diaryl/α,β-unsaturated/α-hetero) is 2. The van der Waals surface area contributed by atoms with Gasteiger partial charge < -0.3 is 15.4 Å². The number of esters is 1. The van der Waals surface area contributed by atoms with E-state index in [9.17, 15) is 24.0 Å². The Morgan fingerprint density at radius 2 is 1.67 bits per heavy atom. The second kappa shape index (κ2) is 15.9. The van der Waals surface area contributed by atoms with E-state index in [1.165, 1.54) is 6.08 Å². The summed E-state index contributed by atoms with van der Waals surface area (Å²) < 4.78 is 5.65. The maximum absolute atomic E-state index is 13.1. The zero-order valence-corrected chi connectivity index (χ0v) is 23.6. The highest BCUT2D eigenvalue weighted by atomic mass is 32.1. The number of rotatable bonds is 6. The van der Waals surface area contributed by atoms with Crippen LogP contribution in [-0.2, 0) is 28.7 Å². The topological polar surface area (TPSA) is 119 Å². The molecule has 0 aromatic heterocycles. The van der Waals surface area contributed by atoms with Crippen molar-refractivity contribution >= 4 is 54.6 Å². The number of hydrogen-bond donors (Lipinski definition) is 4. The largest absolute Gasteiger partial charge is 0.456 e. The maximum Gasteiger partial charge on any atom is 0.329 e. The number of ether oxygens (including phenoxy) is 1. The van der Waals surface area contributed by atoms with Crippen molar-refractivity contribution in [3.8, 4) is 0 Å². The van der Waals surface area contributed by atoms with Gasteiger partial charge in [0, 0.05) is 36.5 Å². The molecule has 36 heavy (non-hydrogen) atoms. The van der Waals surface area contributed by atoms with Crippen molar-refractivity contribution in [1.29, 1.82) is 0 Å². The fourth-order valence-corrected chi connectivity index (χ4v) is 4.18. The van der Waals surface area contributed by atoms with Crippen LogP contribution in [0.1, 0.15) is 60.3 Å². The number of nitrogens with one attached hydrogen (secondary N) is 2. The van der Waals surface area contributed by atoms with Crippen molar-refractivity contribution in [1.82, 2.24) is 10.6 Å². The summed E-state index contributed by atoms with van der Waals surface area (Å²) in [4.78, 5) is 65.0. The summed E-state index contributed by atoms with van der Waals surface area (Å²) in [5.41, 5.74) is 0.174. The summed E-state index contributed by atoms with van der Waals surface area (Å²) in [6.07, 6.45) is 4.30. The number of amides is 2. The fourth-order valence-electron chi connectivity index (χ4n) is 3.74. The molecule has 0 radical (unpaired) electrons. The zero-order valence-electron chi connectivity index (χ0n) is 21.8. The van der Waals surface area contributed by atoms with Crippen LogP contribution < -0.4 is 10.6 Å². The van der Waals surface area contributed by atoms with Crippen LogP contribution in [0.4, 0.5) is 0 Å². The third-order valence-electron chi connectivity index (χ3n) is 6.03. The van der Waals surface area contributed by atoms with Gasteiger partial charge in [-0.15, -0.1) is 0 Å². The van der Waals surface area contributed by atoms with Crippen molar-refractivity contribution in [2.75, 3.05) is 11.5 Å². The number of carbonyl (C=O) groups is 5. The molecule has 1 aliphatic heterocycles. The minimum Gasteiger partial charge on any atom is -0.456 e. The fraction of sp³-hybridized carbons (Fsp3) is 0.654. The second-order valence-electron chi connectivity index (χ2n) is 9.61. The number of carbonyl (C=O) groups excluding carboxylic acids is 5. The van der Waals surface area contributed by atoms with Crippen LogP contribution in [0.25, 0.3) is 0 Å².